The fourth-order valence-corrected chi connectivity index (χ4v) is 4.39. The van der Waals surface area contributed by atoms with Crippen molar-refractivity contribution >= 4 is 11.8 Å². The van der Waals surface area contributed by atoms with Crippen LogP contribution in [0.5, 0.6) is 0 Å². The van der Waals surface area contributed by atoms with Crippen LogP contribution in [-0.4, -0.2) is 57.3 Å². The van der Waals surface area contributed by atoms with Gasteiger partial charge in [0.15, 0.2) is 5.82 Å². The van der Waals surface area contributed by atoms with Crippen LogP contribution in [0.15, 0.2) is 60.9 Å². The van der Waals surface area contributed by atoms with Gasteiger partial charge in [0.1, 0.15) is 5.82 Å². The van der Waals surface area contributed by atoms with E-state index in [1.807, 2.05) is 42.2 Å². The van der Waals surface area contributed by atoms with Crippen molar-refractivity contribution in [3.63, 3.8) is 0 Å². The van der Waals surface area contributed by atoms with Crippen LogP contribution >= 0.6 is 0 Å². The summed E-state index contributed by atoms with van der Waals surface area (Å²) in [5, 5.41) is 0. The fraction of sp³-hybridized carbons (Fsp3) is 0.346. The van der Waals surface area contributed by atoms with Crippen molar-refractivity contribution in [2.45, 2.75) is 19.8 Å². The monoisotopic (exact) mass is 448 g/mol. The van der Waals surface area contributed by atoms with E-state index in [0.717, 1.165) is 17.5 Å². The maximum atomic E-state index is 14.1. The molecule has 7 heteroatoms. The average Bonchev–Trinajstić information content (AvgIpc) is 3.19. The van der Waals surface area contributed by atoms with Gasteiger partial charge in [0.2, 0.25) is 5.91 Å². The van der Waals surface area contributed by atoms with E-state index in [1.54, 1.807) is 41.0 Å². The lowest BCUT2D eigenvalue weighted by Crippen LogP contribution is -2.38. The molecule has 0 N–H and O–H groups in total. The lowest BCUT2D eigenvalue weighted by molar-refractivity contribution is -0.134. The third-order valence-corrected chi connectivity index (χ3v) is 6.16. The van der Waals surface area contributed by atoms with Crippen molar-refractivity contribution in [3.8, 4) is 11.1 Å². The molecular weight excluding hydrogens is 419 g/mol. The number of benzene rings is 2. The number of aryl methyl sites for hydroxylation is 1. The molecule has 6 nitrogen and oxygen atoms in total. The van der Waals surface area contributed by atoms with Crippen molar-refractivity contribution in [1.82, 2.24) is 19.4 Å². The Morgan fingerprint density at radius 2 is 1.88 bits per heavy atom. The zero-order valence-corrected chi connectivity index (χ0v) is 19.1. The number of amides is 2. The maximum Gasteiger partial charge on any atom is 0.289 e. The zero-order valence-electron chi connectivity index (χ0n) is 19.1. The minimum atomic E-state index is -0.345. The molecule has 2 amide bonds. The Morgan fingerprint density at radius 1 is 1.12 bits per heavy atom. The first-order chi connectivity index (χ1) is 16.0. The van der Waals surface area contributed by atoms with Crippen molar-refractivity contribution in [2.75, 3.05) is 26.2 Å². The first-order valence-electron chi connectivity index (χ1n) is 11.4. The van der Waals surface area contributed by atoms with E-state index >= 15 is 0 Å². The van der Waals surface area contributed by atoms with E-state index in [9.17, 15) is 14.0 Å². The van der Waals surface area contributed by atoms with Gasteiger partial charge < -0.3 is 14.4 Å². The van der Waals surface area contributed by atoms with Gasteiger partial charge in [-0.05, 0) is 30.0 Å². The largest absolute Gasteiger partial charge is 0.341 e. The van der Waals surface area contributed by atoms with Gasteiger partial charge >= 0.3 is 0 Å². The molecule has 0 unspecified atom stereocenters. The van der Waals surface area contributed by atoms with Crippen molar-refractivity contribution in [3.05, 3.63) is 78.1 Å². The summed E-state index contributed by atoms with van der Waals surface area (Å²) in [6.45, 7) is 4.07. The van der Waals surface area contributed by atoms with Crippen LogP contribution in [0.25, 0.3) is 11.1 Å². The van der Waals surface area contributed by atoms with Gasteiger partial charge in [-0.3, -0.25) is 9.59 Å². The molecule has 33 heavy (non-hydrogen) atoms. The summed E-state index contributed by atoms with van der Waals surface area (Å²) < 4.78 is 15.8. The Balaban J connectivity index is 1.55. The normalized spacial score (nSPS) is 16.7. The molecule has 1 saturated heterocycles. The van der Waals surface area contributed by atoms with Crippen LogP contribution in [0.4, 0.5) is 4.39 Å². The average molecular weight is 449 g/mol. The number of carbonyl (C=O) groups excluding carboxylic acids is 2. The molecule has 0 aliphatic carbocycles. The van der Waals surface area contributed by atoms with Crippen LogP contribution in [0.2, 0.25) is 0 Å². The summed E-state index contributed by atoms with van der Waals surface area (Å²) in [4.78, 5) is 34.2. The van der Waals surface area contributed by atoms with Crippen LogP contribution < -0.4 is 0 Å². The number of imidazole rings is 1. The molecule has 0 saturated carbocycles. The van der Waals surface area contributed by atoms with Crippen LogP contribution in [-0.2, 0) is 18.3 Å². The lowest BCUT2D eigenvalue weighted by atomic mass is 9.95. The van der Waals surface area contributed by atoms with E-state index in [1.165, 1.54) is 6.07 Å². The van der Waals surface area contributed by atoms with Gasteiger partial charge in [-0.25, -0.2) is 9.37 Å². The molecule has 0 radical (unpaired) electrons. The minimum Gasteiger partial charge on any atom is -0.341 e. The standard InChI is InChI=1S/C26H29FN4O2/c1-3-13-30-15-16-31(26(33)24-28-12-14-29(24)2)18-21(25(30)32)17-19-8-10-20(11-9-19)22-6-4-5-7-23(22)27/h4-12,14,21H,3,13,15-18H2,1-2H3/t21-/m0/s1. The second-order valence-electron chi connectivity index (χ2n) is 8.52. The number of rotatable bonds is 6. The van der Waals surface area contributed by atoms with E-state index in [-0.39, 0.29) is 23.5 Å². The molecule has 172 valence electrons. The molecule has 1 atom stereocenters. The van der Waals surface area contributed by atoms with Crippen molar-refractivity contribution < 1.29 is 14.0 Å². The smallest absolute Gasteiger partial charge is 0.289 e. The Hall–Kier alpha value is -3.48. The molecule has 4 rings (SSSR count). The minimum absolute atomic E-state index is 0.0742. The summed E-state index contributed by atoms with van der Waals surface area (Å²) in [7, 11) is 1.79. The quantitative estimate of drug-likeness (QED) is 0.577. The van der Waals surface area contributed by atoms with E-state index in [4.69, 9.17) is 0 Å². The topological polar surface area (TPSA) is 58.4 Å². The second-order valence-corrected chi connectivity index (χ2v) is 8.52. The number of hydrogen-bond acceptors (Lipinski definition) is 3. The van der Waals surface area contributed by atoms with Gasteiger partial charge in [0.25, 0.3) is 5.91 Å². The van der Waals surface area contributed by atoms with Gasteiger partial charge in [-0.15, -0.1) is 0 Å². The van der Waals surface area contributed by atoms with E-state index in [2.05, 4.69) is 4.98 Å². The second kappa shape index (κ2) is 9.98. The van der Waals surface area contributed by atoms with E-state index in [0.29, 0.717) is 44.0 Å². The highest BCUT2D eigenvalue weighted by atomic mass is 19.1. The Morgan fingerprint density at radius 3 is 2.55 bits per heavy atom. The number of halogens is 1. The number of aromatic nitrogens is 2. The Kier molecular flexibility index (Phi) is 6.87. The first kappa shape index (κ1) is 22.7. The molecule has 2 aromatic carbocycles. The van der Waals surface area contributed by atoms with Gasteiger partial charge in [-0.1, -0.05) is 49.4 Å². The molecule has 2 heterocycles. The molecule has 0 spiro atoms. The predicted molar refractivity (Wildman–Crippen MR) is 125 cm³/mol. The summed E-state index contributed by atoms with van der Waals surface area (Å²) in [6.07, 6.45) is 4.73. The highest BCUT2D eigenvalue weighted by molar-refractivity contribution is 5.91. The molecule has 1 aliphatic rings. The summed E-state index contributed by atoms with van der Waals surface area (Å²) in [5.74, 6) is -0.316. The molecular formula is C26H29FN4O2. The van der Waals surface area contributed by atoms with Gasteiger partial charge in [-0.2, -0.15) is 0 Å². The zero-order chi connectivity index (χ0) is 23.4. The highest BCUT2D eigenvalue weighted by Gasteiger charge is 2.33. The molecule has 1 aromatic heterocycles. The van der Waals surface area contributed by atoms with Crippen LogP contribution in [0.3, 0.4) is 0 Å². The Bertz CT molecular complexity index is 1130. The van der Waals surface area contributed by atoms with Crippen molar-refractivity contribution in [1.29, 1.82) is 0 Å². The van der Waals surface area contributed by atoms with Gasteiger partial charge in [0, 0.05) is 51.2 Å². The van der Waals surface area contributed by atoms with Crippen LogP contribution in [0.1, 0.15) is 29.5 Å². The fourth-order valence-electron chi connectivity index (χ4n) is 4.39. The first-order valence-corrected chi connectivity index (χ1v) is 11.4. The summed E-state index contributed by atoms with van der Waals surface area (Å²) in [5.41, 5.74) is 2.33. The Labute approximate surface area is 193 Å². The molecule has 0 bridgehead atoms. The van der Waals surface area contributed by atoms with Crippen molar-refractivity contribution in [2.24, 2.45) is 13.0 Å². The lowest BCUT2D eigenvalue weighted by Gasteiger charge is -2.24. The third-order valence-electron chi connectivity index (χ3n) is 6.16. The van der Waals surface area contributed by atoms with Crippen LogP contribution in [0, 0.1) is 11.7 Å². The van der Waals surface area contributed by atoms with Gasteiger partial charge in [0.05, 0.1) is 5.92 Å². The maximum absolute atomic E-state index is 14.1. The molecule has 1 fully saturated rings. The summed E-state index contributed by atoms with van der Waals surface area (Å²) in [6, 6.07) is 14.3. The number of hydrogen-bond donors (Lipinski definition) is 0. The predicted octanol–water partition coefficient (Wildman–Crippen LogP) is 3.78. The SMILES string of the molecule is CCCN1CCN(C(=O)c2nccn2C)C[C@H](Cc2ccc(-c3ccccc3F)cc2)C1=O. The molecule has 3 aromatic rings. The van der Waals surface area contributed by atoms with E-state index < -0.39 is 0 Å². The third kappa shape index (κ3) is 4.97. The summed E-state index contributed by atoms with van der Waals surface area (Å²) >= 11 is 0. The number of carbonyl (C=O) groups is 2. The highest BCUT2D eigenvalue weighted by Crippen LogP contribution is 2.25. The molecule has 1 aliphatic heterocycles. The number of nitrogens with zero attached hydrogens (tertiary/aromatic N) is 4.